The number of rotatable bonds is 4. The molecule has 0 aliphatic heterocycles. The quantitative estimate of drug-likeness (QED) is 0.248. The van der Waals surface area contributed by atoms with Gasteiger partial charge >= 0.3 is 0 Å². The van der Waals surface area contributed by atoms with Crippen molar-refractivity contribution in [1.82, 2.24) is 4.98 Å². The summed E-state index contributed by atoms with van der Waals surface area (Å²) < 4.78 is 0.938. The third kappa shape index (κ3) is 4.39. The Morgan fingerprint density at radius 2 is 1.33 bits per heavy atom. The van der Waals surface area contributed by atoms with Gasteiger partial charge in [0.05, 0.1) is 11.2 Å². The molecular formula is C32H21BrN2O. The number of nitrogens with one attached hydrogen (secondary N) is 1. The zero-order chi connectivity index (χ0) is 24.5. The van der Waals surface area contributed by atoms with E-state index in [2.05, 4.69) is 88.0 Å². The lowest BCUT2D eigenvalue weighted by atomic mass is 10.00. The van der Waals surface area contributed by atoms with Gasteiger partial charge in [-0.05, 0) is 70.9 Å². The second-order valence-electron chi connectivity index (χ2n) is 8.67. The average Bonchev–Trinajstić information content (AvgIpc) is 2.93. The molecule has 0 atom stereocenters. The molecule has 0 fully saturated rings. The minimum atomic E-state index is -0.141. The Balaban J connectivity index is 1.32. The highest BCUT2D eigenvalue weighted by Crippen LogP contribution is 2.32. The Bertz CT molecular complexity index is 1740. The molecule has 1 amide bonds. The molecule has 3 nitrogen and oxygen atoms in total. The van der Waals surface area contributed by atoms with Gasteiger partial charge in [0.2, 0.25) is 0 Å². The monoisotopic (exact) mass is 528 g/mol. The standard InChI is InChI=1S/C32H21BrN2O/c33-27-15-11-22(12-16-27)32(36)35-31-8-4-3-7-28(31)24-13-17-29-26(20-24)14-18-30(34-29)25-10-9-21-5-1-2-6-23(21)19-25/h1-20H,(H,35,36). The molecule has 0 bridgehead atoms. The van der Waals surface area contributed by atoms with Crippen molar-refractivity contribution in [3.63, 3.8) is 0 Å². The fourth-order valence-electron chi connectivity index (χ4n) is 4.44. The van der Waals surface area contributed by atoms with Gasteiger partial charge in [0.1, 0.15) is 0 Å². The highest BCUT2D eigenvalue weighted by Gasteiger charge is 2.11. The van der Waals surface area contributed by atoms with Crippen molar-refractivity contribution in [2.45, 2.75) is 0 Å². The maximum Gasteiger partial charge on any atom is 0.255 e. The number of amides is 1. The van der Waals surface area contributed by atoms with Crippen LogP contribution in [-0.2, 0) is 0 Å². The van der Waals surface area contributed by atoms with E-state index in [9.17, 15) is 4.79 Å². The maximum absolute atomic E-state index is 12.8. The molecule has 1 N–H and O–H groups in total. The Hall–Kier alpha value is -4.28. The van der Waals surface area contributed by atoms with E-state index in [-0.39, 0.29) is 5.91 Å². The van der Waals surface area contributed by atoms with Gasteiger partial charge in [0.15, 0.2) is 0 Å². The van der Waals surface area contributed by atoms with Crippen molar-refractivity contribution >= 4 is 49.2 Å². The van der Waals surface area contributed by atoms with Gasteiger partial charge in [-0.1, -0.05) is 82.7 Å². The number of pyridine rings is 1. The first-order valence-electron chi connectivity index (χ1n) is 11.7. The minimum absolute atomic E-state index is 0.141. The van der Waals surface area contributed by atoms with Crippen LogP contribution in [0.2, 0.25) is 0 Å². The number of para-hydroxylation sites is 1. The topological polar surface area (TPSA) is 42.0 Å². The molecule has 6 rings (SSSR count). The van der Waals surface area contributed by atoms with Crippen molar-refractivity contribution in [1.29, 1.82) is 0 Å². The van der Waals surface area contributed by atoms with Crippen LogP contribution in [0.3, 0.4) is 0 Å². The predicted molar refractivity (Wildman–Crippen MR) is 152 cm³/mol. The number of anilines is 1. The molecule has 0 aliphatic rings. The van der Waals surface area contributed by atoms with E-state index >= 15 is 0 Å². The summed E-state index contributed by atoms with van der Waals surface area (Å²) in [6, 6.07) is 40.4. The molecule has 36 heavy (non-hydrogen) atoms. The molecule has 0 radical (unpaired) electrons. The summed E-state index contributed by atoms with van der Waals surface area (Å²) in [5.74, 6) is -0.141. The van der Waals surface area contributed by atoms with Crippen molar-refractivity contribution in [3.8, 4) is 22.4 Å². The van der Waals surface area contributed by atoms with E-state index in [4.69, 9.17) is 4.98 Å². The number of nitrogens with zero attached hydrogens (tertiary/aromatic N) is 1. The van der Waals surface area contributed by atoms with Gasteiger partial charge in [-0.15, -0.1) is 0 Å². The van der Waals surface area contributed by atoms with Crippen LogP contribution in [0.5, 0.6) is 0 Å². The van der Waals surface area contributed by atoms with Gasteiger partial charge in [0, 0.05) is 32.2 Å². The van der Waals surface area contributed by atoms with Crippen LogP contribution in [-0.4, -0.2) is 10.9 Å². The molecule has 1 heterocycles. The highest BCUT2D eigenvalue weighted by molar-refractivity contribution is 9.10. The third-order valence-electron chi connectivity index (χ3n) is 6.33. The van der Waals surface area contributed by atoms with E-state index in [1.807, 2.05) is 42.5 Å². The van der Waals surface area contributed by atoms with Crippen LogP contribution in [0.25, 0.3) is 44.1 Å². The van der Waals surface area contributed by atoms with Gasteiger partial charge in [0.25, 0.3) is 5.91 Å². The van der Waals surface area contributed by atoms with E-state index in [0.717, 1.165) is 43.4 Å². The van der Waals surface area contributed by atoms with Crippen LogP contribution in [0.15, 0.2) is 126 Å². The molecule has 4 heteroatoms. The van der Waals surface area contributed by atoms with Gasteiger partial charge in [-0.3, -0.25) is 4.79 Å². The number of hydrogen-bond acceptors (Lipinski definition) is 2. The lowest BCUT2D eigenvalue weighted by Crippen LogP contribution is -2.12. The zero-order valence-corrected chi connectivity index (χ0v) is 20.9. The normalized spacial score (nSPS) is 11.0. The zero-order valence-electron chi connectivity index (χ0n) is 19.3. The number of aromatic nitrogens is 1. The molecule has 6 aromatic rings. The number of carbonyl (C=O) groups is 1. The fraction of sp³-hybridized carbons (Fsp3) is 0. The summed E-state index contributed by atoms with van der Waals surface area (Å²) in [5, 5.41) is 6.54. The third-order valence-corrected chi connectivity index (χ3v) is 6.86. The van der Waals surface area contributed by atoms with Crippen molar-refractivity contribution in [2.75, 3.05) is 5.32 Å². The Morgan fingerprint density at radius 1 is 0.639 bits per heavy atom. The SMILES string of the molecule is O=C(Nc1ccccc1-c1ccc2nc(-c3ccc4ccccc4c3)ccc2c1)c1ccc(Br)cc1. The molecule has 1 aromatic heterocycles. The Labute approximate surface area is 217 Å². The number of carbonyl (C=O) groups excluding carboxylic acids is 1. The molecule has 0 unspecified atom stereocenters. The van der Waals surface area contributed by atoms with Crippen LogP contribution < -0.4 is 5.32 Å². The first kappa shape index (κ1) is 22.2. The molecule has 0 saturated heterocycles. The number of halogens is 1. The lowest BCUT2D eigenvalue weighted by molar-refractivity contribution is 0.102. The van der Waals surface area contributed by atoms with E-state index in [0.29, 0.717) is 5.56 Å². The van der Waals surface area contributed by atoms with Crippen molar-refractivity contribution in [2.24, 2.45) is 0 Å². The minimum Gasteiger partial charge on any atom is -0.321 e. The van der Waals surface area contributed by atoms with Gasteiger partial charge in [-0.25, -0.2) is 4.98 Å². The summed E-state index contributed by atoms with van der Waals surface area (Å²) in [7, 11) is 0. The highest BCUT2D eigenvalue weighted by atomic mass is 79.9. The Morgan fingerprint density at radius 3 is 2.19 bits per heavy atom. The largest absolute Gasteiger partial charge is 0.321 e. The molecule has 0 spiro atoms. The van der Waals surface area contributed by atoms with E-state index in [1.54, 1.807) is 12.1 Å². The fourth-order valence-corrected chi connectivity index (χ4v) is 4.71. The smallest absolute Gasteiger partial charge is 0.255 e. The second kappa shape index (κ2) is 9.40. The van der Waals surface area contributed by atoms with E-state index < -0.39 is 0 Å². The van der Waals surface area contributed by atoms with Crippen LogP contribution in [0.1, 0.15) is 10.4 Å². The molecule has 5 aromatic carbocycles. The van der Waals surface area contributed by atoms with Crippen molar-refractivity contribution < 1.29 is 4.79 Å². The molecule has 172 valence electrons. The van der Waals surface area contributed by atoms with Crippen molar-refractivity contribution in [3.05, 3.63) is 131 Å². The lowest BCUT2D eigenvalue weighted by Gasteiger charge is -2.12. The first-order valence-corrected chi connectivity index (χ1v) is 12.5. The van der Waals surface area contributed by atoms with Crippen LogP contribution in [0, 0.1) is 0 Å². The summed E-state index contributed by atoms with van der Waals surface area (Å²) in [4.78, 5) is 17.8. The summed E-state index contributed by atoms with van der Waals surface area (Å²) in [5.41, 5.74) is 6.34. The van der Waals surface area contributed by atoms with Crippen LogP contribution >= 0.6 is 15.9 Å². The molecule has 0 saturated carbocycles. The second-order valence-corrected chi connectivity index (χ2v) is 9.59. The maximum atomic E-state index is 12.8. The molecule has 0 aliphatic carbocycles. The summed E-state index contributed by atoms with van der Waals surface area (Å²) >= 11 is 3.41. The average molecular weight is 529 g/mol. The van der Waals surface area contributed by atoms with Gasteiger partial charge < -0.3 is 5.32 Å². The number of fused-ring (bicyclic) bond motifs is 2. The first-order chi connectivity index (χ1) is 17.6. The van der Waals surface area contributed by atoms with Crippen LogP contribution in [0.4, 0.5) is 5.69 Å². The molecular weight excluding hydrogens is 508 g/mol. The van der Waals surface area contributed by atoms with E-state index in [1.165, 1.54) is 10.8 Å². The predicted octanol–water partition coefficient (Wildman–Crippen LogP) is 8.74. The summed E-state index contributed by atoms with van der Waals surface area (Å²) in [6.45, 7) is 0. The summed E-state index contributed by atoms with van der Waals surface area (Å²) in [6.07, 6.45) is 0. The number of benzene rings is 5. The number of hydrogen-bond donors (Lipinski definition) is 1. The van der Waals surface area contributed by atoms with Gasteiger partial charge in [-0.2, -0.15) is 0 Å². The Kier molecular flexibility index (Phi) is 5.80.